The van der Waals surface area contributed by atoms with Gasteiger partial charge in [-0.25, -0.2) is 0 Å². The fourth-order valence-corrected chi connectivity index (χ4v) is 5.08. The average Bonchev–Trinajstić information content (AvgIpc) is 3.13. The molecule has 0 aliphatic rings. The van der Waals surface area contributed by atoms with Crippen molar-refractivity contribution in [2.45, 2.75) is 5.92 Å². The topological polar surface area (TPSA) is 3.24 Å². The maximum atomic E-state index is 2.25. The van der Waals surface area contributed by atoms with Gasteiger partial charge in [0, 0.05) is 23.0 Å². The third-order valence-corrected chi connectivity index (χ3v) is 7.11. The minimum atomic E-state index is 0.309. The summed E-state index contributed by atoms with van der Waals surface area (Å²) in [6, 6.07) is 75.3. The smallest absolute Gasteiger partial charge is 0.0461 e. The van der Waals surface area contributed by atoms with Crippen molar-refractivity contribution in [3.63, 3.8) is 0 Å². The Hall–Kier alpha value is -5.66. The fourth-order valence-electron chi connectivity index (χ4n) is 5.08. The van der Waals surface area contributed by atoms with Crippen LogP contribution in [0.4, 0.5) is 17.1 Å². The molecular formula is C43H37N. The molecule has 0 heterocycles. The number of anilines is 3. The Morgan fingerprint density at radius 3 is 0.636 bits per heavy atom. The zero-order chi connectivity index (χ0) is 30.1. The highest BCUT2D eigenvalue weighted by molar-refractivity contribution is 5.76. The zero-order valence-electron chi connectivity index (χ0n) is 24.8. The first-order valence-corrected chi connectivity index (χ1v) is 15.0. The molecule has 0 radical (unpaired) electrons. The predicted molar refractivity (Wildman–Crippen MR) is 188 cm³/mol. The highest BCUT2D eigenvalue weighted by Gasteiger charge is 2.15. The lowest BCUT2D eigenvalue weighted by atomic mass is 9.85. The standard InChI is InChI=1S/C19H16.C18H15N.C6H6/c2*1-4-10-16(11-5-1)19(17-12-6-2-7-13-17)18-14-8-3-9-15-18;1-2-4-6-5-3-1/h1-15,19H;1-15H;1-6H. The predicted octanol–water partition coefficient (Wildman–Crippen LogP) is 11.7. The number of hydrogen-bond donors (Lipinski definition) is 0. The van der Waals surface area contributed by atoms with Crippen LogP contribution in [0.15, 0.2) is 218 Å². The van der Waals surface area contributed by atoms with E-state index < -0.39 is 0 Å². The average molecular weight is 568 g/mol. The first-order valence-electron chi connectivity index (χ1n) is 15.0. The maximum absolute atomic E-state index is 2.25. The summed E-state index contributed by atoms with van der Waals surface area (Å²) in [5, 5.41) is 0. The molecule has 0 saturated carbocycles. The molecular weight excluding hydrogens is 530 g/mol. The normalized spacial score (nSPS) is 10.0. The monoisotopic (exact) mass is 567 g/mol. The number of rotatable bonds is 6. The van der Waals surface area contributed by atoms with E-state index in [0.29, 0.717) is 5.92 Å². The van der Waals surface area contributed by atoms with Crippen molar-refractivity contribution in [3.8, 4) is 0 Å². The van der Waals surface area contributed by atoms with E-state index in [9.17, 15) is 0 Å². The summed E-state index contributed by atoms with van der Waals surface area (Å²) in [6.07, 6.45) is 0. The van der Waals surface area contributed by atoms with Crippen molar-refractivity contribution in [1.29, 1.82) is 0 Å². The number of hydrogen-bond acceptors (Lipinski definition) is 1. The summed E-state index contributed by atoms with van der Waals surface area (Å²) in [5.41, 5.74) is 7.50. The highest BCUT2D eigenvalue weighted by Crippen LogP contribution is 2.34. The van der Waals surface area contributed by atoms with Crippen LogP contribution in [0.2, 0.25) is 0 Å². The molecule has 0 N–H and O–H groups in total. The van der Waals surface area contributed by atoms with Gasteiger partial charge in [-0.05, 0) is 53.1 Å². The SMILES string of the molecule is c1ccc(C(c2ccccc2)c2ccccc2)cc1.c1ccc(N(c2ccccc2)c2ccccc2)cc1.c1ccccc1. The lowest BCUT2D eigenvalue weighted by Crippen LogP contribution is -2.09. The molecule has 0 aliphatic heterocycles. The van der Waals surface area contributed by atoms with Crippen molar-refractivity contribution in [1.82, 2.24) is 0 Å². The highest BCUT2D eigenvalue weighted by atomic mass is 15.1. The molecule has 1 nitrogen and oxygen atoms in total. The van der Waals surface area contributed by atoms with E-state index in [-0.39, 0.29) is 0 Å². The molecule has 1 heteroatoms. The molecule has 7 aromatic carbocycles. The van der Waals surface area contributed by atoms with Crippen LogP contribution in [0.25, 0.3) is 0 Å². The summed E-state index contributed by atoms with van der Waals surface area (Å²) in [5.74, 6) is 0.309. The lowest BCUT2D eigenvalue weighted by molar-refractivity contribution is 0.977. The van der Waals surface area contributed by atoms with Gasteiger partial charge in [-0.2, -0.15) is 0 Å². The van der Waals surface area contributed by atoms with Gasteiger partial charge in [0.1, 0.15) is 0 Å². The van der Waals surface area contributed by atoms with Crippen LogP contribution in [0, 0.1) is 0 Å². The Balaban J connectivity index is 0.000000147. The van der Waals surface area contributed by atoms with Crippen LogP contribution in [-0.4, -0.2) is 0 Å². The first-order chi connectivity index (χ1) is 21.9. The molecule has 0 fully saturated rings. The maximum Gasteiger partial charge on any atom is 0.0461 e. The van der Waals surface area contributed by atoms with Gasteiger partial charge >= 0.3 is 0 Å². The van der Waals surface area contributed by atoms with Gasteiger partial charge in [0.25, 0.3) is 0 Å². The van der Waals surface area contributed by atoms with Gasteiger partial charge in [0.05, 0.1) is 0 Å². The largest absolute Gasteiger partial charge is 0.311 e. The summed E-state index contributed by atoms with van der Waals surface area (Å²) in [7, 11) is 0. The van der Waals surface area contributed by atoms with Crippen molar-refractivity contribution in [2.75, 3.05) is 4.90 Å². The van der Waals surface area contributed by atoms with Crippen LogP contribution in [0.3, 0.4) is 0 Å². The second kappa shape index (κ2) is 16.7. The van der Waals surface area contributed by atoms with E-state index in [1.54, 1.807) is 0 Å². The quantitative estimate of drug-likeness (QED) is 0.181. The molecule has 214 valence electrons. The minimum absolute atomic E-state index is 0.309. The van der Waals surface area contributed by atoms with Crippen LogP contribution in [-0.2, 0) is 0 Å². The van der Waals surface area contributed by atoms with Crippen molar-refractivity contribution in [2.24, 2.45) is 0 Å². The van der Waals surface area contributed by atoms with Gasteiger partial charge in [-0.3, -0.25) is 0 Å². The zero-order valence-corrected chi connectivity index (χ0v) is 24.8. The van der Waals surface area contributed by atoms with Gasteiger partial charge in [-0.15, -0.1) is 0 Å². The lowest BCUT2D eigenvalue weighted by Gasteiger charge is -2.25. The molecule has 0 amide bonds. The van der Waals surface area contributed by atoms with E-state index in [0.717, 1.165) is 0 Å². The molecule has 0 bridgehead atoms. The molecule has 0 aliphatic carbocycles. The molecule has 44 heavy (non-hydrogen) atoms. The van der Waals surface area contributed by atoms with Crippen molar-refractivity contribution < 1.29 is 0 Å². The Kier molecular flexibility index (Phi) is 11.3. The Labute approximate surface area is 262 Å². The summed E-state index contributed by atoms with van der Waals surface area (Å²) < 4.78 is 0. The van der Waals surface area contributed by atoms with Crippen molar-refractivity contribution in [3.05, 3.63) is 235 Å². The molecule has 0 spiro atoms. The number of para-hydroxylation sites is 3. The first kappa shape index (κ1) is 29.8. The van der Waals surface area contributed by atoms with E-state index in [1.165, 1.54) is 33.8 Å². The fraction of sp³-hybridized carbons (Fsp3) is 0.0233. The number of benzene rings is 7. The van der Waals surface area contributed by atoms with Crippen molar-refractivity contribution >= 4 is 17.1 Å². The van der Waals surface area contributed by atoms with E-state index in [2.05, 4.69) is 169 Å². The van der Waals surface area contributed by atoms with E-state index >= 15 is 0 Å². The van der Waals surface area contributed by atoms with Crippen LogP contribution >= 0.6 is 0 Å². The summed E-state index contributed by atoms with van der Waals surface area (Å²) in [6.45, 7) is 0. The Bertz CT molecular complexity index is 1370. The van der Waals surface area contributed by atoms with Gasteiger partial charge in [0.2, 0.25) is 0 Å². The van der Waals surface area contributed by atoms with Crippen LogP contribution in [0.1, 0.15) is 22.6 Å². The molecule has 0 unspecified atom stereocenters. The van der Waals surface area contributed by atoms with E-state index in [1.807, 2.05) is 54.6 Å². The Morgan fingerprint density at radius 1 is 0.227 bits per heavy atom. The number of nitrogens with zero attached hydrogens (tertiary/aromatic N) is 1. The molecule has 7 rings (SSSR count). The molecule has 7 aromatic rings. The van der Waals surface area contributed by atoms with Crippen LogP contribution in [0.5, 0.6) is 0 Å². The second-order valence-corrected chi connectivity index (χ2v) is 10.2. The third kappa shape index (κ3) is 8.67. The molecule has 0 saturated heterocycles. The molecule has 0 aromatic heterocycles. The van der Waals surface area contributed by atoms with Crippen LogP contribution < -0.4 is 4.90 Å². The van der Waals surface area contributed by atoms with Gasteiger partial charge in [-0.1, -0.05) is 182 Å². The molecule has 0 atom stereocenters. The second-order valence-electron chi connectivity index (χ2n) is 10.2. The van der Waals surface area contributed by atoms with Gasteiger partial charge in [0.15, 0.2) is 0 Å². The van der Waals surface area contributed by atoms with Gasteiger partial charge < -0.3 is 4.90 Å². The van der Waals surface area contributed by atoms with E-state index in [4.69, 9.17) is 0 Å². The Morgan fingerprint density at radius 2 is 0.409 bits per heavy atom. The third-order valence-electron chi connectivity index (χ3n) is 7.11. The summed E-state index contributed by atoms with van der Waals surface area (Å²) >= 11 is 0. The summed E-state index contributed by atoms with van der Waals surface area (Å²) in [4.78, 5) is 2.25. The minimum Gasteiger partial charge on any atom is -0.311 e.